The second-order valence-electron chi connectivity index (χ2n) is 8.97. The molecule has 2 aliphatic rings. The SMILES string of the molecule is O=C(N[C@@H](c1ccccc1)c1ccc(C2CC2)c(F)c1)[C@@H]1C[C@@H](F)CN1C(=O)Cc1ccon1. The van der Waals surface area contributed by atoms with Gasteiger partial charge in [0.15, 0.2) is 0 Å². The molecule has 2 fully saturated rings. The summed E-state index contributed by atoms with van der Waals surface area (Å²) in [5.74, 6) is -0.896. The van der Waals surface area contributed by atoms with E-state index in [1.54, 1.807) is 12.1 Å². The number of amides is 2. The van der Waals surface area contributed by atoms with E-state index in [0.29, 0.717) is 16.8 Å². The standard InChI is InChI=1S/C26H25F2N3O3/c27-19-13-23(31(15-19)24(32)14-20-10-11-34-30-20)26(33)29-25(17-4-2-1-3-5-17)18-8-9-21(16-6-7-16)22(28)12-18/h1-5,8-12,16,19,23,25H,6-7,13-15H2,(H,29,33)/t19-,23+,25+/m1/s1. The van der Waals surface area contributed by atoms with E-state index in [1.807, 2.05) is 36.4 Å². The summed E-state index contributed by atoms with van der Waals surface area (Å²) in [5, 5.41) is 6.67. The molecule has 0 spiro atoms. The van der Waals surface area contributed by atoms with Gasteiger partial charge in [-0.1, -0.05) is 47.6 Å². The fourth-order valence-electron chi connectivity index (χ4n) is 4.59. The minimum absolute atomic E-state index is 0.0804. The molecular formula is C26H25F2N3O3. The number of benzene rings is 2. The molecule has 34 heavy (non-hydrogen) atoms. The quantitative estimate of drug-likeness (QED) is 0.571. The molecule has 2 amide bonds. The van der Waals surface area contributed by atoms with Crippen molar-refractivity contribution in [1.29, 1.82) is 0 Å². The van der Waals surface area contributed by atoms with E-state index in [0.717, 1.165) is 18.4 Å². The van der Waals surface area contributed by atoms with Gasteiger partial charge in [0.1, 0.15) is 24.3 Å². The van der Waals surface area contributed by atoms with Crippen LogP contribution in [0.3, 0.4) is 0 Å². The lowest BCUT2D eigenvalue weighted by Gasteiger charge is -2.27. The number of aromatic nitrogens is 1. The first-order valence-electron chi connectivity index (χ1n) is 11.5. The predicted octanol–water partition coefficient (Wildman–Crippen LogP) is 4.08. The van der Waals surface area contributed by atoms with E-state index in [4.69, 9.17) is 4.52 Å². The van der Waals surface area contributed by atoms with Crippen molar-refractivity contribution in [2.24, 2.45) is 0 Å². The molecule has 1 aliphatic heterocycles. The molecule has 8 heteroatoms. The van der Waals surface area contributed by atoms with Crippen molar-refractivity contribution in [1.82, 2.24) is 15.4 Å². The third-order valence-corrected chi connectivity index (χ3v) is 6.49. The van der Waals surface area contributed by atoms with Gasteiger partial charge in [0.25, 0.3) is 0 Å². The Bertz CT molecular complexity index is 1170. The van der Waals surface area contributed by atoms with E-state index in [9.17, 15) is 18.4 Å². The zero-order valence-corrected chi connectivity index (χ0v) is 18.5. The Balaban J connectivity index is 1.38. The average Bonchev–Trinajstić information content (AvgIpc) is 3.40. The van der Waals surface area contributed by atoms with Gasteiger partial charge in [0.2, 0.25) is 11.8 Å². The van der Waals surface area contributed by atoms with Crippen LogP contribution in [0.1, 0.15) is 53.6 Å². The number of hydrogen-bond acceptors (Lipinski definition) is 4. The van der Waals surface area contributed by atoms with Crippen molar-refractivity contribution in [3.05, 3.63) is 89.1 Å². The highest BCUT2D eigenvalue weighted by molar-refractivity contribution is 5.89. The number of carbonyl (C=O) groups excluding carboxylic acids is 2. The van der Waals surface area contributed by atoms with Gasteiger partial charge >= 0.3 is 0 Å². The van der Waals surface area contributed by atoms with Crippen LogP contribution in [0.5, 0.6) is 0 Å². The molecule has 0 unspecified atom stereocenters. The van der Waals surface area contributed by atoms with Crippen molar-refractivity contribution < 1.29 is 22.9 Å². The maximum absolute atomic E-state index is 14.8. The first-order chi connectivity index (χ1) is 16.5. The van der Waals surface area contributed by atoms with Crippen molar-refractivity contribution in [2.75, 3.05) is 6.54 Å². The topological polar surface area (TPSA) is 75.4 Å². The van der Waals surface area contributed by atoms with Gasteiger partial charge < -0.3 is 14.7 Å². The van der Waals surface area contributed by atoms with Crippen molar-refractivity contribution >= 4 is 11.8 Å². The van der Waals surface area contributed by atoms with Crippen LogP contribution in [0, 0.1) is 5.82 Å². The normalized spacial score (nSPS) is 20.8. The van der Waals surface area contributed by atoms with Crippen LogP contribution in [0.2, 0.25) is 0 Å². The van der Waals surface area contributed by atoms with Crippen LogP contribution in [-0.4, -0.2) is 40.6 Å². The summed E-state index contributed by atoms with van der Waals surface area (Å²) in [6.45, 7) is -0.157. The number of halogens is 2. The number of alkyl halides is 1. The number of hydrogen-bond donors (Lipinski definition) is 1. The lowest BCUT2D eigenvalue weighted by Crippen LogP contribution is -2.47. The van der Waals surface area contributed by atoms with Gasteiger partial charge in [0.05, 0.1) is 24.7 Å². The summed E-state index contributed by atoms with van der Waals surface area (Å²) in [4.78, 5) is 27.4. The van der Waals surface area contributed by atoms with Gasteiger partial charge in [-0.25, -0.2) is 8.78 Å². The van der Waals surface area contributed by atoms with Gasteiger partial charge in [-0.2, -0.15) is 0 Å². The molecule has 5 rings (SSSR count). The highest BCUT2D eigenvalue weighted by atomic mass is 19.1. The van der Waals surface area contributed by atoms with Gasteiger partial charge in [-0.15, -0.1) is 0 Å². The number of rotatable bonds is 7. The summed E-state index contributed by atoms with van der Waals surface area (Å²) in [6.07, 6.45) is 1.85. The van der Waals surface area contributed by atoms with Crippen LogP contribution in [0.4, 0.5) is 8.78 Å². The number of carbonyl (C=O) groups is 2. The number of nitrogens with one attached hydrogen (secondary N) is 1. The van der Waals surface area contributed by atoms with Gasteiger partial charge in [-0.05, 0) is 41.5 Å². The Morgan fingerprint density at radius 3 is 2.59 bits per heavy atom. The second-order valence-corrected chi connectivity index (χ2v) is 8.97. The molecule has 0 radical (unpaired) electrons. The molecule has 1 saturated heterocycles. The first kappa shape index (κ1) is 22.3. The van der Waals surface area contributed by atoms with Crippen LogP contribution in [-0.2, 0) is 16.0 Å². The molecule has 0 bridgehead atoms. The molecule has 2 heterocycles. The molecule has 1 aromatic heterocycles. The first-order valence-corrected chi connectivity index (χ1v) is 11.5. The molecule has 176 valence electrons. The minimum atomic E-state index is -1.30. The number of likely N-dealkylation sites (tertiary alicyclic amines) is 1. The van der Waals surface area contributed by atoms with Crippen LogP contribution >= 0.6 is 0 Å². The summed E-state index contributed by atoms with van der Waals surface area (Å²) in [7, 11) is 0. The molecule has 3 aromatic rings. The molecular weight excluding hydrogens is 440 g/mol. The van der Waals surface area contributed by atoms with E-state index < -0.39 is 30.1 Å². The Hall–Kier alpha value is -3.55. The van der Waals surface area contributed by atoms with Gasteiger partial charge in [0, 0.05) is 12.5 Å². The van der Waals surface area contributed by atoms with Crippen LogP contribution < -0.4 is 5.32 Å². The maximum Gasteiger partial charge on any atom is 0.243 e. The largest absolute Gasteiger partial charge is 0.364 e. The molecule has 1 saturated carbocycles. The average molecular weight is 466 g/mol. The lowest BCUT2D eigenvalue weighted by atomic mass is 9.96. The minimum Gasteiger partial charge on any atom is -0.364 e. The Labute approximate surface area is 195 Å². The zero-order chi connectivity index (χ0) is 23.7. The lowest BCUT2D eigenvalue weighted by molar-refractivity contribution is -0.138. The summed E-state index contributed by atoms with van der Waals surface area (Å²) in [6, 6.07) is 14.3. The fourth-order valence-corrected chi connectivity index (χ4v) is 4.59. The summed E-state index contributed by atoms with van der Waals surface area (Å²) < 4.78 is 33.9. The number of nitrogens with zero attached hydrogens (tertiary/aromatic N) is 2. The zero-order valence-electron chi connectivity index (χ0n) is 18.5. The highest BCUT2D eigenvalue weighted by Gasteiger charge is 2.40. The van der Waals surface area contributed by atoms with Crippen LogP contribution in [0.15, 0.2) is 65.4 Å². The van der Waals surface area contributed by atoms with E-state index in [2.05, 4.69) is 10.5 Å². The van der Waals surface area contributed by atoms with Crippen LogP contribution in [0.25, 0.3) is 0 Å². The van der Waals surface area contributed by atoms with E-state index in [1.165, 1.54) is 17.2 Å². The molecule has 6 nitrogen and oxygen atoms in total. The van der Waals surface area contributed by atoms with E-state index >= 15 is 0 Å². The molecule has 2 aromatic carbocycles. The fraction of sp³-hybridized carbons (Fsp3) is 0.346. The van der Waals surface area contributed by atoms with Crippen molar-refractivity contribution in [2.45, 2.75) is 49.9 Å². The van der Waals surface area contributed by atoms with Gasteiger partial charge in [-0.3, -0.25) is 9.59 Å². The molecule has 1 aliphatic carbocycles. The Kier molecular flexibility index (Phi) is 6.13. The summed E-state index contributed by atoms with van der Waals surface area (Å²) in [5.41, 5.74) is 2.48. The maximum atomic E-state index is 14.8. The second kappa shape index (κ2) is 9.37. The Morgan fingerprint density at radius 2 is 1.91 bits per heavy atom. The third-order valence-electron chi connectivity index (χ3n) is 6.49. The predicted molar refractivity (Wildman–Crippen MR) is 120 cm³/mol. The Morgan fingerprint density at radius 1 is 1.12 bits per heavy atom. The third kappa shape index (κ3) is 4.71. The monoisotopic (exact) mass is 465 g/mol. The summed E-state index contributed by atoms with van der Waals surface area (Å²) >= 11 is 0. The molecule has 1 N–H and O–H groups in total. The van der Waals surface area contributed by atoms with Crippen molar-refractivity contribution in [3.63, 3.8) is 0 Å². The van der Waals surface area contributed by atoms with Crippen molar-refractivity contribution in [3.8, 4) is 0 Å². The van der Waals surface area contributed by atoms with E-state index in [-0.39, 0.29) is 31.1 Å². The molecule has 3 atom stereocenters. The smallest absolute Gasteiger partial charge is 0.243 e. The highest BCUT2D eigenvalue weighted by Crippen LogP contribution is 2.42.